The van der Waals surface area contributed by atoms with Crippen LogP contribution in [0.5, 0.6) is 11.5 Å². The third-order valence-corrected chi connectivity index (χ3v) is 11.8. The van der Waals surface area contributed by atoms with Gasteiger partial charge in [-0.15, -0.1) is 0 Å². The van der Waals surface area contributed by atoms with Gasteiger partial charge in [0.2, 0.25) is 0 Å². The Hall–Kier alpha value is -4.25. The van der Waals surface area contributed by atoms with E-state index < -0.39 is 0 Å². The number of amides is 1. The van der Waals surface area contributed by atoms with Crippen LogP contribution in [0.1, 0.15) is 58.1 Å². The Labute approximate surface area is 321 Å². The highest BCUT2D eigenvalue weighted by atomic mass is 127. The minimum absolute atomic E-state index is 0.179. The molecule has 51 heavy (non-hydrogen) atoms. The fourth-order valence-corrected chi connectivity index (χ4v) is 9.19. The van der Waals surface area contributed by atoms with Crippen molar-refractivity contribution in [2.75, 3.05) is 25.1 Å². The van der Waals surface area contributed by atoms with Crippen molar-refractivity contribution in [3.05, 3.63) is 156 Å². The monoisotopic (exact) mass is 823 g/mol. The average molecular weight is 824 g/mol. The topological polar surface area (TPSA) is 63.2 Å². The first-order valence-electron chi connectivity index (χ1n) is 17.0. The second-order valence-corrected chi connectivity index (χ2v) is 15.5. The molecule has 0 aliphatic carbocycles. The predicted octanol–water partition coefficient (Wildman–Crippen LogP) is 10.3. The molecule has 3 heterocycles. The highest BCUT2D eigenvalue weighted by Crippen LogP contribution is 2.50. The number of amidine groups is 1. The van der Waals surface area contributed by atoms with Crippen LogP contribution < -0.4 is 19.7 Å². The van der Waals surface area contributed by atoms with Crippen molar-refractivity contribution in [1.29, 1.82) is 0 Å². The number of aliphatic imine (C=N–C) groups is 1. The molecular formula is C42H35ClIN3O3S. The molecule has 0 radical (unpaired) electrons. The molecule has 5 aromatic carbocycles. The van der Waals surface area contributed by atoms with Crippen LogP contribution in [0.2, 0.25) is 5.02 Å². The summed E-state index contributed by atoms with van der Waals surface area (Å²) in [6.45, 7) is 2.38. The molecular weight excluding hydrogens is 789 g/mol. The molecule has 1 N–H and O–H groups in total. The van der Waals surface area contributed by atoms with E-state index in [-0.39, 0.29) is 17.7 Å². The van der Waals surface area contributed by atoms with Crippen LogP contribution in [-0.4, -0.2) is 31.3 Å². The van der Waals surface area contributed by atoms with Crippen LogP contribution in [0.25, 0.3) is 6.08 Å². The number of anilines is 1. The molecule has 9 heteroatoms. The molecule has 1 amide bonds. The number of hydrogen-bond acceptors (Lipinski definition) is 6. The number of rotatable bonds is 8. The summed E-state index contributed by atoms with van der Waals surface area (Å²) in [7, 11) is 1.61. The number of hydrogen-bond donors (Lipinski definition) is 1. The number of nitrogens with zero attached hydrogens (tertiary/aromatic N) is 2. The number of ether oxygens (including phenoxy) is 2. The lowest BCUT2D eigenvalue weighted by Gasteiger charge is -2.43. The summed E-state index contributed by atoms with van der Waals surface area (Å²) in [5.41, 5.74) is 9.20. The van der Waals surface area contributed by atoms with Crippen LogP contribution >= 0.6 is 46.0 Å². The van der Waals surface area contributed by atoms with Crippen LogP contribution in [0.15, 0.2) is 119 Å². The normalized spacial score (nSPS) is 19.6. The molecule has 0 bridgehead atoms. The lowest BCUT2D eigenvalue weighted by Crippen LogP contribution is -2.37. The van der Waals surface area contributed by atoms with Gasteiger partial charge in [0, 0.05) is 41.2 Å². The third kappa shape index (κ3) is 7.01. The van der Waals surface area contributed by atoms with E-state index in [4.69, 9.17) is 26.1 Å². The van der Waals surface area contributed by atoms with Crippen LogP contribution in [0.3, 0.4) is 0 Å². The zero-order valence-electron chi connectivity index (χ0n) is 27.9. The van der Waals surface area contributed by atoms with Crippen molar-refractivity contribution in [2.45, 2.75) is 31.3 Å². The Morgan fingerprint density at radius 3 is 2.16 bits per heavy atom. The van der Waals surface area contributed by atoms with E-state index in [1.165, 1.54) is 39.7 Å². The second-order valence-electron chi connectivity index (χ2n) is 12.9. The van der Waals surface area contributed by atoms with Gasteiger partial charge in [0.05, 0.1) is 21.3 Å². The Bertz CT molecular complexity index is 2100. The molecule has 2 atom stereocenters. The van der Waals surface area contributed by atoms with Gasteiger partial charge in [0.15, 0.2) is 16.7 Å². The summed E-state index contributed by atoms with van der Waals surface area (Å²) in [4.78, 5) is 21.5. The van der Waals surface area contributed by atoms with Gasteiger partial charge < -0.3 is 19.7 Å². The largest absolute Gasteiger partial charge is 0.493 e. The summed E-state index contributed by atoms with van der Waals surface area (Å²) in [6, 6.07) is 37.6. The Balaban J connectivity index is 1.11. The quantitative estimate of drug-likeness (QED) is 0.125. The lowest BCUT2D eigenvalue weighted by molar-refractivity contribution is -0.115. The minimum Gasteiger partial charge on any atom is -0.493 e. The van der Waals surface area contributed by atoms with Crippen molar-refractivity contribution in [2.24, 2.45) is 4.99 Å². The number of halogens is 2. The zero-order chi connectivity index (χ0) is 34.9. The highest BCUT2D eigenvalue weighted by molar-refractivity contribution is 14.1. The van der Waals surface area contributed by atoms with Crippen molar-refractivity contribution in [1.82, 2.24) is 5.32 Å². The third-order valence-electron chi connectivity index (χ3n) is 9.76. The fourth-order valence-electron chi connectivity index (χ4n) is 7.38. The van der Waals surface area contributed by atoms with Crippen LogP contribution in [-0.2, 0) is 11.4 Å². The van der Waals surface area contributed by atoms with Gasteiger partial charge in [-0.25, -0.2) is 4.99 Å². The summed E-state index contributed by atoms with van der Waals surface area (Å²) >= 11 is 9.93. The van der Waals surface area contributed by atoms with Gasteiger partial charge in [-0.1, -0.05) is 90.5 Å². The predicted molar refractivity (Wildman–Crippen MR) is 217 cm³/mol. The number of carbonyl (C=O) groups is 1. The van der Waals surface area contributed by atoms with E-state index in [0.29, 0.717) is 33.2 Å². The van der Waals surface area contributed by atoms with E-state index in [1.807, 2.05) is 42.5 Å². The number of thioether (sulfide) groups is 1. The molecule has 5 aromatic rings. The molecule has 256 valence electrons. The minimum atomic E-state index is -0.179. The number of benzene rings is 5. The number of carbonyl (C=O) groups excluding carboxylic acids is 1. The first-order valence-corrected chi connectivity index (χ1v) is 19.3. The van der Waals surface area contributed by atoms with E-state index in [1.54, 1.807) is 7.11 Å². The zero-order valence-corrected chi connectivity index (χ0v) is 31.7. The van der Waals surface area contributed by atoms with E-state index >= 15 is 0 Å². The van der Waals surface area contributed by atoms with Crippen LogP contribution in [0.4, 0.5) is 11.4 Å². The van der Waals surface area contributed by atoms with Crippen molar-refractivity contribution < 1.29 is 14.3 Å². The van der Waals surface area contributed by atoms with E-state index in [0.717, 1.165) is 46.3 Å². The molecule has 6 nitrogen and oxygen atoms in total. The summed E-state index contributed by atoms with van der Waals surface area (Å²) < 4.78 is 12.7. The molecule has 3 aliphatic rings. The highest BCUT2D eigenvalue weighted by Gasteiger charge is 2.35. The van der Waals surface area contributed by atoms with Crippen LogP contribution in [0, 0.1) is 3.57 Å². The second kappa shape index (κ2) is 14.8. The van der Waals surface area contributed by atoms with Crippen molar-refractivity contribution in [3.8, 4) is 11.5 Å². The van der Waals surface area contributed by atoms with Gasteiger partial charge >= 0.3 is 0 Å². The average Bonchev–Trinajstić information content (AvgIpc) is 3.49. The molecule has 0 spiro atoms. The van der Waals surface area contributed by atoms with Crippen molar-refractivity contribution >= 4 is 74.5 Å². The molecule has 3 aliphatic heterocycles. The fraction of sp³-hybridized carbons (Fsp3) is 0.190. The molecule has 0 aromatic heterocycles. The van der Waals surface area contributed by atoms with E-state index in [2.05, 4.69) is 106 Å². The SMILES string of the molecule is COc1cc(/C=C2\SC(=Nc3cc4c5c(c3)[C@@H](c3ccccc3)CCN5CC[C@@H]4c3ccccc3)NC2=O)cc(I)c1OCc1ccccc1Cl. The molecule has 0 saturated carbocycles. The lowest BCUT2D eigenvalue weighted by atomic mass is 9.76. The molecule has 0 unspecified atom stereocenters. The smallest absolute Gasteiger partial charge is 0.264 e. The van der Waals surface area contributed by atoms with Gasteiger partial charge in [0.1, 0.15) is 6.61 Å². The first-order chi connectivity index (χ1) is 24.9. The number of methoxy groups -OCH3 is 1. The van der Waals surface area contributed by atoms with Crippen molar-refractivity contribution in [3.63, 3.8) is 0 Å². The van der Waals surface area contributed by atoms with E-state index in [9.17, 15) is 4.79 Å². The molecule has 8 rings (SSSR count). The summed E-state index contributed by atoms with van der Waals surface area (Å²) in [6.07, 6.45) is 3.98. The summed E-state index contributed by atoms with van der Waals surface area (Å²) in [5, 5.41) is 4.24. The summed E-state index contributed by atoms with van der Waals surface area (Å²) in [5.74, 6) is 1.59. The molecule has 1 saturated heterocycles. The maximum atomic E-state index is 13.3. The Morgan fingerprint density at radius 1 is 0.902 bits per heavy atom. The van der Waals surface area contributed by atoms with Gasteiger partial charge in [-0.05, 0) is 111 Å². The maximum Gasteiger partial charge on any atom is 0.264 e. The number of nitrogens with one attached hydrogen (secondary N) is 1. The standard InChI is InChI=1S/C42H35ClIN3O3S/c1-49-37-21-26(20-36(44)40(37)50-25-29-14-8-9-15-35(29)43)22-38-41(48)46-42(51-38)45-30-23-33-31(27-10-4-2-5-11-27)16-18-47-19-17-32(34(24-30)39(33)47)28-12-6-3-7-13-28/h2-15,20-24,31-32H,16-19,25H2,1H3,(H,45,46,48)/b38-22-/t31-,32-/m1/s1. The Kier molecular flexibility index (Phi) is 9.81. The van der Waals surface area contributed by atoms with Gasteiger partial charge in [0.25, 0.3) is 5.91 Å². The van der Waals surface area contributed by atoms with Gasteiger partial charge in [-0.3, -0.25) is 4.79 Å². The Morgan fingerprint density at radius 2 is 1.53 bits per heavy atom. The maximum absolute atomic E-state index is 13.3. The van der Waals surface area contributed by atoms with Gasteiger partial charge in [-0.2, -0.15) is 0 Å². The first kappa shape index (κ1) is 33.9. The molecule has 1 fully saturated rings.